The Labute approximate surface area is 126 Å². The van der Waals surface area contributed by atoms with Gasteiger partial charge in [0.2, 0.25) is 0 Å². The molecule has 2 rings (SSSR count). The van der Waals surface area contributed by atoms with Crippen LogP contribution in [0.15, 0.2) is 42.5 Å². The highest BCUT2D eigenvalue weighted by molar-refractivity contribution is 6.34. The fourth-order valence-electron chi connectivity index (χ4n) is 1.89. The topological polar surface area (TPSA) is 20.3 Å². The van der Waals surface area contributed by atoms with Gasteiger partial charge in [0, 0.05) is 23.6 Å². The summed E-state index contributed by atoms with van der Waals surface area (Å²) in [5, 5.41) is 0.999. The highest BCUT2D eigenvalue weighted by Gasteiger charge is 2.16. The zero-order valence-electron chi connectivity index (χ0n) is 10.7. The van der Waals surface area contributed by atoms with Gasteiger partial charge in [-0.25, -0.2) is 4.39 Å². The summed E-state index contributed by atoms with van der Waals surface area (Å²) in [7, 11) is 1.60. The summed E-state index contributed by atoms with van der Waals surface area (Å²) in [5.74, 6) is -0.923. The molecule has 2 aromatic rings. The quantitative estimate of drug-likeness (QED) is 0.822. The average molecular weight is 312 g/mol. The lowest BCUT2D eigenvalue weighted by atomic mass is 10.1. The fourth-order valence-corrected chi connectivity index (χ4v) is 2.46. The molecule has 0 saturated carbocycles. The van der Waals surface area contributed by atoms with E-state index in [4.69, 9.17) is 23.2 Å². The number of nitrogens with zero attached hydrogens (tertiary/aromatic N) is 1. The van der Waals surface area contributed by atoms with Crippen LogP contribution in [0.4, 0.5) is 4.39 Å². The summed E-state index contributed by atoms with van der Waals surface area (Å²) >= 11 is 11.8. The third kappa shape index (κ3) is 3.50. The Morgan fingerprint density at radius 2 is 1.75 bits per heavy atom. The second-order valence-electron chi connectivity index (χ2n) is 4.42. The smallest absolute Gasteiger partial charge is 0.256 e. The summed E-state index contributed by atoms with van der Waals surface area (Å²) in [6.45, 7) is 0.299. The van der Waals surface area contributed by atoms with Crippen LogP contribution in [0.3, 0.4) is 0 Å². The molecular formula is C15H12Cl2FNO. The first-order valence-corrected chi connectivity index (χ1v) is 6.68. The van der Waals surface area contributed by atoms with E-state index in [0.29, 0.717) is 16.6 Å². The van der Waals surface area contributed by atoms with Gasteiger partial charge in [0.05, 0.1) is 5.56 Å². The Hall–Kier alpha value is -1.58. The van der Waals surface area contributed by atoms with Crippen LogP contribution in [0.5, 0.6) is 0 Å². The van der Waals surface area contributed by atoms with Crippen molar-refractivity contribution in [3.05, 3.63) is 69.5 Å². The molecule has 0 bridgehead atoms. The summed E-state index contributed by atoms with van der Waals surface area (Å²) in [4.78, 5) is 13.6. The Morgan fingerprint density at radius 3 is 2.35 bits per heavy atom. The van der Waals surface area contributed by atoms with Crippen molar-refractivity contribution in [3.8, 4) is 0 Å². The van der Waals surface area contributed by atoms with Crippen LogP contribution in [0, 0.1) is 5.82 Å². The molecule has 0 aliphatic heterocycles. The Kier molecular flexibility index (Phi) is 4.63. The third-order valence-electron chi connectivity index (χ3n) is 2.79. The largest absolute Gasteiger partial charge is 0.337 e. The molecule has 0 spiro atoms. The minimum atomic E-state index is -0.534. The van der Waals surface area contributed by atoms with Crippen LogP contribution in [0.25, 0.3) is 0 Å². The molecule has 5 heteroatoms. The molecule has 0 radical (unpaired) electrons. The van der Waals surface area contributed by atoms with Crippen molar-refractivity contribution in [3.63, 3.8) is 0 Å². The Morgan fingerprint density at radius 1 is 1.15 bits per heavy atom. The average Bonchev–Trinajstić information content (AvgIpc) is 2.37. The minimum absolute atomic E-state index is 0.0446. The first-order chi connectivity index (χ1) is 9.47. The van der Waals surface area contributed by atoms with Crippen molar-refractivity contribution in [1.82, 2.24) is 4.90 Å². The van der Waals surface area contributed by atoms with E-state index in [9.17, 15) is 9.18 Å². The number of carbonyl (C=O) groups is 1. The minimum Gasteiger partial charge on any atom is -0.337 e. The summed E-state index contributed by atoms with van der Waals surface area (Å²) in [6.07, 6.45) is 0. The van der Waals surface area contributed by atoms with E-state index in [1.54, 1.807) is 37.4 Å². The molecule has 0 unspecified atom stereocenters. The molecule has 0 aromatic heterocycles. The number of hydrogen-bond donors (Lipinski definition) is 0. The maximum atomic E-state index is 13.6. The zero-order chi connectivity index (χ0) is 14.7. The van der Waals surface area contributed by atoms with Crippen LogP contribution >= 0.6 is 23.2 Å². The predicted octanol–water partition coefficient (Wildman–Crippen LogP) is 4.40. The molecule has 0 saturated heterocycles. The van der Waals surface area contributed by atoms with Gasteiger partial charge in [-0.05, 0) is 35.9 Å². The van der Waals surface area contributed by atoms with Gasteiger partial charge in [0.1, 0.15) is 5.82 Å². The Balaban J connectivity index is 2.18. The number of hydrogen-bond acceptors (Lipinski definition) is 1. The van der Waals surface area contributed by atoms with Gasteiger partial charge < -0.3 is 4.90 Å². The SMILES string of the molecule is CN(Cc1cc(Cl)cc(Cl)c1)C(=O)c1ccccc1F. The van der Waals surface area contributed by atoms with E-state index in [2.05, 4.69) is 0 Å². The maximum absolute atomic E-state index is 13.6. The first kappa shape index (κ1) is 14.8. The van der Waals surface area contributed by atoms with Crippen LogP contribution in [-0.2, 0) is 6.54 Å². The van der Waals surface area contributed by atoms with Crippen molar-refractivity contribution in [2.45, 2.75) is 6.54 Å². The van der Waals surface area contributed by atoms with Crippen LogP contribution in [-0.4, -0.2) is 17.9 Å². The summed E-state index contributed by atoms with van der Waals surface area (Å²) in [6, 6.07) is 10.9. The van der Waals surface area contributed by atoms with E-state index in [0.717, 1.165) is 5.56 Å². The van der Waals surface area contributed by atoms with Crippen molar-refractivity contribution < 1.29 is 9.18 Å². The second kappa shape index (κ2) is 6.25. The first-order valence-electron chi connectivity index (χ1n) is 5.92. The molecule has 0 heterocycles. The highest BCUT2D eigenvalue weighted by atomic mass is 35.5. The van der Waals surface area contributed by atoms with E-state index < -0.39 is 5.82 Å². The van der Waals surface area contributed by atoms with E-state index in [1.807, 2.05) is 0 Å². The predicted molar refractivity (Wildman–Crippen MR) is 78.7 cm³/mol. The molecule has 0 atom stereocenters. The van der Waals surface area contributed by atoms with E-state index in [-0.39, 0.29) is 11.5 Å². The number of rotatable bonds is 3. The van der Waals surface area contributed by atoms with E-state index in [1.165, 1.54) is 17.0 Å². The number of benzene rings is 2. The molecular weight excluding hydrogens is 300 g/mol. The maximum Gasteiger partial charge on any atom is 0.256 e. The molecule has 20 heavy (non-hydrogen) atoms. The van der Waals surface area contributed by atoms with Gasteiger partial charge in [-0.2, -0.15) is 0 Å². The van der Waals surface area contributed by atoms with Crippen molar-refractivity contribution >= 4 is 29.1 Å². The molecule has 104 valence electrons. The number of amides is 1. The monoisotopic (exact) mass is 311 g/mol. The van der Waals surface area contributed by atoms with Gasteiger partial charge in [-0.1, -0.05) is 35.3 Å². The molecule has 0 aliphatic carbocycles. The summed E-state index contributed by atoms with van der Waals surface area (Å²) in [5.41, 5.74) is 0.831. The summed E-state index contributed by atoms with van der Waals surface area (Å²) < 4.78 is 13.6. The normalized spacial score (nSPS) is 10.4. The van der Waals surface area contributed by atoms with Gasteiger partial charge in [0.15, 0.2) is 0 Å². The molecule has 1 amide bonds. The standard InChI is InChI=1S/C15H12Cl2FNO/c1-19(9-10-6-11(16)8-12(17)7-10)15(20)13-4-2-3-5-14(13)18/h2-8H,9H2,1H3. The van der Waals surface area contributed by atoms with E-state index >= 15 is 0 Å². The van der Waals surface area contributed by atoms with Crippen LogP contribution in [0.2, 0.25) is 10.0 Å². The molecule has 0 fully saturated rings. The van der Waals surface area contributed by atoms with Gasteiger partial charge >= 0.3 is 0 Å². The fraction of sp³-hybridized carbons (Fsp3) is 0.133. The highest BCUT2D eigenvalue weighted by Crippen LogP contribution is 2.20. The van der Waals surface area contributed by atoms with Gasteiger partial charge in [-0.3, -0.25) is 4.79 Å². The molecule has 2 nitrogen and oxygen atoms in total. The molecule has 2 aromatic carbocycles. The number of carbonyl (C=O) groups excluding carboxylic acids is 1. The molecule has 0 aliphatic rings. The van der Waals surface area contributed by atoms with Crippen molar-refractivity contribution in [2.24, 2.45) is 0 Å². The third-order valence-corrected chi connectivity index (χ3v) is 3.23. The number of halogens is 3. The van der Waals surface area contributed by atoms with Crippen molar-refractivity contribution in [2.75, 3.05) is 7.05 Å². The van der Waals surface area contributed by atoms with Gasteiger partial charge in [0.25, 0.3) is 5.91 Å². The molecule has 0 N–H and O–H groups in total. The van der Waals surface area contributed by atoms with Crippen molar-refractivity contribution in [1.29, 1.82) is 0 Å². The second-order valence-corrected chi connectivity index (χ2v) is 5.29. The zero-order valence-corrected chi connectivity index (χ0v) is 12.2. The lowest BCUT2D eigenvalue weighted by Gasteiger charge is -2.18. The van der Waals surface area contributed by atoms with Crippen LogP contribution < -0.4 is 0 Å². The lowest BCUT2D eigenvalue weighted by molar-refractivity contribution is 0.0780. The van der Waals surface area contributed by atoms with Gasteiger partial charge in [-0.15, -0.1) is 0 Å². The Bertz CT molecular complexity index is 625. The lowest BCUT2D eigenvalue weighted by Crippen LogP contribution is -2.27. The van der Waals surface area contributed by atoms with Crippen LogP contribution in [0.1, 0.15) is 15.9 Å².